The predicted molar refractivity (Wildman–Crippen MR) is 58.9 cm³/mol. The quantitative estimate of drug-likeness (QED) is 0.639. The van der Waals surface area contributed by atoms with Crippen molar-refractivity contribution in [3.63, 3.8) is 0 Å². The summed E-state index contributed by atoms with van der Waals surface area (Å²) in [7, 11) is 0. The van der Waals surface area contributed by atoms with E-state index in [1.165, 1.54) is 0 Å². The molecule has 0 unspecified atom stereocenters. The molecular formula is C12H8AlO2W. The summed E-state index contributed by atoms with van der Waals surface area (Å²) in [6.45, 7) is 0. The Hall–Kier alpha value is -0.739. The summed E-state index contributed by atoms with van der Waals surface area (Å²) < 4.78 is 11.2. The second-order valence-corrected chi connectivity index (χ2v) is 3.99. The molecule has 2 nitrogen and oxygen atoms in total. The molecule has 0 spiro atoms. The SMILES string of the molecule is [W].c1ccc2c(c1)[O][Al][O]c1ccccc1-2. The van der Waals surface area contributed by atoms with E-state index < -0.39 is 15.9 Å². The van der Waals surface area contributed by atoms with Crippen LogP contribution in [0.2, 0.25) is 0 Å². The van der Waals surface area contributed by atoms with Crippen LogP contribution in [0.25, 0.3) is 11.1 Å². The van der Waals surface area contributed by atoms with Crippen molar-refractivity contribution >= 4 is 15.9 Å². The van der Waals surface area contributed by atoms with E-state index >= 15 is 0 Å². The topological polar surface area (TPSA) is 18.5 Å². The van der Waals surface area contributed by atoms with Crippen molar-refractivity contribution in [1.82, 2.24) is 0 Å². The van der Waals surface area contributed by atoms with Gasteiger partial charge in [-0.25, -0.2) is 0 Å². The molecule has 0 amide bonds. The first-order valence-electron chi connectivity index (χ1n) is 4.78. The summed E-state index contributed by atoms with van der Waals surface area (Å²) in [5.41, 5.74) is 2.22. The fourth-order valence-corrected chi connectivity index (χ4v) is 2.38. The zero-order chi connectivity index (χ0) is 10.1. The second-order valence-electron chi connectivity index (χ2n) is 3.32. The molecule has 0 fully saturated rings. The number of rotatable bonds is 0. The molecule has 1 aliphatic heterocycles. The zero-order valence-corrected chi connectivity index (χ0v) is 12.5. The van der Waals surface area contributed by atoms with Crippen molar-refractivity contribution in [2.75, 3.05) is 0 Å². The smallest absolute Gasteiger partial charge is 0.615 e. The number of hydrogen-bond donors (Lipinski definition) is 0. The molecule has 1 aliphatic rings. The number of fused-ring (bicyclic) bond motifs is 3. The second kappa shape index (κ2) is 5.06. The standard InChI is InChI=1S/C12H10O2.Al.W/c13-11-7-3-1-5-9(11)10-6-2-4-8-12(10)14;;/h1-8,13-14H;;/q;+2;/p-2. The number of benzene rings is 2. The summed E-state index contributed by atoms with van der Waals surface area (Å²) in [5.74, 6) is 1.83. The Morgan fingerprint density at radius 2 is 1.12 bits per heavy atom. The van der Waals surface area contributed by atoms with Gasteiger partial charge in [0.25, 0.3) is 0 Å². The van der Waals surface area contributed by atoms with Crippen LogP contribution < -0.4 is 7.58 Å². The Labute approximate surface area is 115 Å². The average Bonchev–Trinajstić information content (AvgIpc) is 2.48. The van der Waals surface area contributed by atoms with Gasteiger partial charge in [0.2, 0.25) is 0 Å². The van der Waals surface area contributed by atoms with E-state index in [4.69, 9.17) is 7.58 Å². The predicted octanol–water partition coefficient (Wildman–Crippen LogP) is 2.66. The maximum atomic E-state index is 5.59. The van der Waals surface area contributed by atoms with Gasteiger partial charge < -0.3 is 7.58 Å². The van der Waals surface area contributed by atoms with Gasteiger partial charge in [-0.05, 0) is 12.1 Å². The van der Waals surface area contributed by atoms with Crippen LogP contribution >= 0.6 is 0 Å². The van der Waals surface area contributed by atoms with Crippen molar-refractivity contribution < 1.29 is 28.6 Å². The van der Waals surface area contributed by atoms with Gasteiger partial charge in [-0.2, -0.15) is 0 Å². The fraction of sp³-hybridized carbons (Fsp3) is 0. The molecule has 2 aromatic carbocycles. The van der Waals surface area contributed by atoms with Gasteiger partial charge in [0, 0.05) is 32.2 Å². The van der Waals surface area contributed by atoms with Gasteiger partial charge in [-0.3, -0.25) is 0 Å². The molecule has 0 aliphatic carbocycles. The minimum absolute atomic E-state index is 0. The molecule has 4 heteroatoms. The molecular weight excluding hydrogens is 387 g/mol. The van der Waals surface area contributed by atoms with E-state index in [0.717, 1.165) is 22.6 Å². The van der Waals surface area contributed by atoms with E-state index in [9.17, 15) is 0 Å². The van der Waals surface area contributed by atoms with Gasteiger partial charge in [-0.1, -0.05) is 36.4 Å². The summed E-state index contributed by atoms with van der Waals surface area (Å²) in [4.78, 5) is 0. The molecule has 0 aromatic heterocycles. The van der Waals surface area contributed by atoms with Crippen LogP contribution in [0.1, 0.15) is 0 Å². The minimum Gasteiger partial charge on any atom is -0.615 e. The van der Waals surface area contributed by atoms with Gasteiger partial charge >= 0.3 is 15.9 Å². The number of para-hydroxylation sites is 2. The van der Waals surface area contributed by atoms with Crippen LogP contribution in [0.15, 0.2) is 48.5 Å². The third-order valence-electron chi connectivity index (χ3n) is 2.41. The van der Waals surface area contributed by atoms with Crippen molar-refractivity contribution in [2.45, 2.75) is 0 Å². The fourth-order valence-electron chi connectivity index (χ4n) is 1.71. The van der Waals surface area contributed by atoms with E-state index in [0.29, 0.717) is 0 Å². The van der Waals surface area contributed by atoms with Crippen LogP contribution in [0.3, 0.4) is 0 Å². The van der Waals surface area contributed by atoms with Crippen LogP contribution in [0.4, 0.5) is 0 Å². The Bertz CT molecular complexity index is 456. The van der Waals surface area contributed by atoms with Crippen LogP contribution in [-0.4, -0.2) is 15.9 Å². The summed E-state index contributed by atoms with van der Waals surface area (Å²) >= 11 is -0.457. The van der Waals surface area contributed by atoms with Crippen LogP contribution in [0.5, 0.6) is 11.5 Å². The molecule has 0 atom stereocenters. The maximum absolute atomic E-state index is 5.59. The molecule has 0 saturated heterocycles. The molecule has 0 saturated carbocycles. The van der Waals surface area contributed by atoms with E-state index in [1.54, 1.807) is 0 Å². The van der Waals surface area contributed by atoms with Crippen molar-refractivity contribution in [3.8, 4) is 22.6 Å². The van der Waals surface area contributed by atoms with Gasteiger partial charge in [0.05, 0.1) is 11.5 Å². The monoisotopic (exact) mass is 395 g/mol. The third-order valence-corrected chi connectivity index (χ3v) is 3.11. The maximum Gasteiger partial charge on any atom is 0.881 e. The Kier molecular flexibility index (Phi) is 3.71. The van der Waals surface area contributed by atoms with Gasteiger partial charge in [0.15, 0.2) is 0 Å². The summed E-state index contributed by atoms with van der Waals surface area (Å²) in [5, 5.41) is 0. The van der Waals surface area contributed by atoms with Gasteiger partial charge in [0.1, 0.15) is 0 Å². The first-order valence-corrected chi connectivity index (χ1v) is 5.73. The summed E-state index contributed by atoms with van der Waals surface area (Å²) in [6.07, 6.45) is 0. The Balaban J connectivity index is 0.000000963. The molecule has 0 bridgehead atoms. The van der Waals surface area contributed by atoms with Crippen molar-refractivity contribution in [2.24, 2.45) is 0 Å². The van der Waals surface area contributed by atoms with E-state index in [2.05, 4.69) is 12.1 Å². The van der Waals surface area contributed by atoms with E-state index in [1.807, 2.05) is 36.4 Å². The molecule has 1 heterocycles. The zero-order valence-electron chi connectivity index (χ0n) is 8.42. The van der Waals surface area contributed by atoms with E-state index in [-0.39, 0.29) is 21.1 Å². The molecule has 16 heavy (non-hydrogen) atoms. The molecule has 77 valence electrons. The molecule has 2 aromatic rings. The first-order chi connectivity index (χ1) is 7.45. The third kappa shape index (κ3) is 2.04. The van der Waals surface area contributed by atoms with Crippen LogP contribution in [-0.2, 0) is 21.1 Å². The first kappa shape index (κ1) is 11.7. The average molecular weight is 395 g/mol. The number of hydrogen-bond acceptors (Lipinski definition) is 2. The normalized spacial score (nSPS) is 11.5. The minimum atomic E-state index is -0.457. The van der Waals surface area contributed by atoms with Crippen molar-refractivity contribution in [1.29, 1.82) is 0 Å². The molecule has 3 rings (SSSR count). The molecule has 0 N–H and O–H groups in total. The Morgan fingerprint density at radius 1 is 0.688 bits per heavy atom. The largest absolute Gasteiger partial charge is 0.881 e. The Morgan fingerprint density at radius 3 is 1.62 bits per heavy atom. The van der Waals surface area contributed by atoms with Crippen LogP contribution in [0, 0.1) is 0 Å². The van der Waals surface area contributed by atoms with Gasteiger partial charge in [-0.15, -0.1) is 0 Å². The van der Waals surface area contributed by atoms with Crippen molar-refractivity contribution in [3.05, 3.63) is 48.5 Å². The molecule has 1 radical (unpaired) electrons. The summed E-state index contributed by atoms with van der Waals surface area (Å²) in [6, 6.07) is 16.1.